The van der Waals surface area contributed by atoms with Crippen molar-refractivity contribution in [1.82, 2.24) is 14.8 Å². The minimum atomic E-state index is -0.378. The largest absolute Gasteiger partial charge is 0.475 e. The van der Waals surface area contributed by atoms with Crippen molar-refractivity contribution >= 4 is 28.9 Å². The first-order valence-corrected chi connectivity index (χ1v) is 13.9. The maximum Gasteiger partial charge on any atom is 0.246 e. The van der Waals surface area contributed by atoms with Crippen LogP contribution in [0.25, 0.3) is 0 Å². The molecule has 0 bridgehead atoms. The van der Waals surface area contributed by atoms with Crippen molar-refractivity contribution in [2.45, 2.75) is 44.8 Å². The molecule has 0 unspecified atom stereocenters. The van der Waals surface area contributed by atoms with E-state index in [9.17, 15) is 14.4 Å². The number of amides is 1. The van der Waals surface area contributed by atoms with E-state index in [1.807, 2.05) is 4.90 Å². The summed E-state index contributed by atoms with van der Waals surface area (Å²) in [4.78, 5) is 25.3. The number of likely N-dealkylation sites (N-methyl/N-ethyl adjacent to an activating group) is 1. The Hall–Kier alpha value is -3.35. The number of carbonyl (C=O) groups is 1. The number of fused-ring (bicyclic) bond motifs is 1. The van der Waals surface area contributed by atoms with Gasteiger partial charge in [-0.3, -0.25) is 4.79 Å². The van der Waals surface area contributed by atoms with Crippen LogP contribution < -0.4 is 14.5 Å². The molecule has 3 aliphatic rings. The Kier molecular flexibility index (Phi) is 7.96. The summed E-state index contributed by atoms with van der Waals surface area (Å²) in [6, 6.07) is 7.31. The third-order valence-electron chi connectivity index (χ3n) is 8.14. The Morgan fingerprint density at radius 1 is 1.31 bits per heavy atom. The molecule has 2 aromatic rings. The molecule has 206 valence electrons. The molecular formula is C29H34ClFN6O2. The molecule has 2 atom stereocenters. The topological polar surface area (TPSA) is 75.9 Å². The number of nitriles is 1. The first-order valence-electron chi connectivity index (χ1n) is 13.5. The predicted octanol–water partition coefficient (Wildman–Crippen LogP) is 4.00. The lowest BCUT2D eigenvalue weighted by molar-refractivity contribution is -0.126. The first kappa shape index (κ1) is 27.2. The van der Waals surface area contributed by atoms with Gasteiger partial charge in [-0.25, -0.2) is 9.37 Å². The van der Waals surface area contributed by atoms with Crippen molar-refractivity contribution in [3.8, 4) is 11.9 Å². The molecule has 1 aromatic carbocycles. The highest BCUT2D eigenvalue weighted by atomic mass is 35.5. The molecule has 1 amide bonds. The maximum atomic E-state index is 14.8. The van der Waals surface area contributed by atoms with Crippen LogP contribution in [0.1, 0.15) is 36.6 Å². The van der Waals surface area contributed by atoms with Gasteiger partial charge in [0.2, 0.25) is 11.8 Å². The molecular weight excluding hydrogens is 519 g/mol. The highest BCUT2D eigenvalue weighted by Crippen LogP contribution is 2.40. The van der Waals surface area contributed by atoms with Crippen molar-refractivity contribution in [3.63, 3.8) is 0 Å². The van der Waals surface area contributed by atoms with Gasteiger partial charge in [0.15, 0.2) is 0 Å². The number of ether oxygens (including phenoxy) is 1. The second-order valence-electron chi connectivity index (χ2n) is 10.5. The lowest BCUT2D eigenvalue weighted by Gasteiger charge is -2.43. The van der Waals surface area contributed by atoms with Crippen LogP contribution in [0.2, 0.25) is 5.02 Å². The molecule has 0 radical (unpaired) electrons. The number of rotatable bonds is 6. The van der Waals surface area contributed by atoms with Gasteiger partial charge in [-0.15, -0.1) is 0 Å². The van der Waals surface area contributed by atoms with Gasteiger partial charge in [-0.05, 0) is 58.0 Å². The van der Waals surface area contributed by atoms with E-state index in [2.05, 4.69) is 36.4 Å². The molecule has 3 aliphatic heterocycles. The van der Waals surface area contributed by atoms with E-state index in [4.69, 9.17) is 21.3 Å². The second kappa shape index (κ2) is 11.4. The van der Waals surface area contributed by atoms with E-state index in [-0.39, 0.29) is 23.8 Å². The van der Waals surface area contributed by atoms with E-state index >= 15 is 0 Å². The molecule has 0 spiro atoms. The molecule has 0 saturated carbocycles. The molecule has 0 aliphatic carbocycles. The fraction of sp³-hybridized carbons (Fsp3) is 0.483. The van der Waals surface area contributed by atoms with E-state index in [0.717, 1.165) is 36.3 Å². The molecule has 39 heavy (non-hydrogen) atoms. The van der Waals surface area contributed by atoms with Crippen LogP contribution in [-0.2, 0) is 17.8 Å². The van der Waals surface area contributed by atoms with Crippen LogP contribution in [0, 0.1) is 17.1 Å². The van der Waals surface area contributed by atoms with Gasteiger partial charge in [0, 0.05) is 43.8 Å². The van der Waals surface area contributed by atoms with E-state index in [0.29, 0.717) is 67.9 Å². The lowest BCUT2D eigenvalue weighted by atomic mass is 9.96. The van der Waals surface area contributed by atoms with Crippen molar-refractivity contribution in [2.24, 2.45) is 0 Å². The fourth-order valence-corrected chi connectivity index (χ4v) is 6.31. The minimum absolute atomic E-state index is 0.0332. The smallest absolute Gasteiger partial charge is 0.246 e. The Labute approximate surface area is 234 Å². The third kappa shape index (κ3) is 5.28. The first-order chi connectivity index (χ1) is 18.8. The summed E-state index contributed by atoms with van der Waals surface area (Å²) < 4.78 is 21.1. The van der Waals surface area contributed by atoms with Crippen molar-refractivity contribution < 1.29 is 13.9 Å². The number of hydrogen-bond acceptors (Lipinski definition) is 7. The Bertz CT molecular complexity index is 1290. The third-order valence-corrected chi connectivity index (χ3v) is 8.45. The molecule has 1 aromatic heterocycles. The normalized spacial score (nSPS) is 21.5. The number of halogens is 2. The Morgan fingerprint density at radius 2 is 2.13 bits per heavy atom. The number of aromatic nitrogens is 1. The predicted molar refractivity (Wildman–Crippen MR) is 150 cm³/mol. The summed E-state index contributed by atoms with van der Waals surface area (Å²) >= 11 is 6.41. The summed E-state index contributed by atoms with van der Waals surface area (Å²) in [7, 11) is 2.08. The van der Waals surface area contributed by atoms with Crippen LogP contribution >= 0.6 is 11.6 Å². The van der Waals surface area contributed by atoms with Gasteiger partial charge < -0.3 is 24.3 Å². The summed E-state index contributed by atoms with van der Waals surface area (Å²) in [6.07, 6.45) is 4.06. The molecule has 8 nitrogen and oxygen atoms in total. The van der Waals surface area contributed by atoms with Gasteiger partial charge in [0.1, 0.15) is 24.1 Å². The zero-order chi connectivity index (χ0) is 27.7. The van der Waals surface area contributed by atoms with Gasteiger partial charge in [0.05, 0.1) is 28.6 Å². The van der Waals surface area contributed by atoms with Crippen molar-refractivity contribution in [2.75, 3.05) is 56.2 Å². The highest BCUT2D eigenvalue weighted by Gasteiger charge is 2.35. The number of benzene rings is 1. The molecule has 2 saturated heterocycles. The molecule has 5 rings (SSSR count). The minimum Gasteiger partial charge on any atom is -0.475 e. The number of hydrogen-bond donors (Lipinski definition) is 0. The quantitative estimate of drug-likeness (QED) is 0.501. The average molecular weight is 553 g/mol. The summed E-state index contributed by atoms with van der Waals surface area (Å²) in [6.45, 7) is 9.63. The van der Waals surface area contributed by atoms with Gasteiger partial charge in [-0.1, -0.05) is 24.2 Å². The Morgan fingerprint density at radius 3 is 2.79 bits per heavy atom. The van der Waals surface area contributed by atoms with Crippen LogP contribution in [0.5, 0.6) is 5.88 Å². The maximum absolute atomic E-state index is 14.8. The van der Waals surface area contributed by atoms with Crippen molar-refractivity contribution in [3.05, 3.63) is 58.5 Å². The SMILES string of the molecule is C=CC(=O)N1CCN(c2c(C#N)c(OC[C@@H]3CCCN3C)nc3c2CCN(c2c(F)cccc2Cl)C3)[C@@H](C)C1. The number of anilines is 2. The number of piperazine rings is 1. The molecule has 0 N–H and O–H groups in total. The van der Waals surface area contributed by atoms with Crippen LogP contribution in [0.4, 0.5) is 15.8 Å². The zero-order valence-corrected chi connectivity index (χ0v) is 23.3. The summed E-state index contributed by atoms with van der Waals surface area (Å²) in [5.74, 6) is -0.164. The van der Waals surface area contributed by atoms with E-state index in [1.165, 1.54) is 12.1 Å². The van der Waals surface area contributed by atoms with Gasteiger partial charge >= 0.3 is 0 Å². The Balaban J connectivity index is 1.54. The van der Waals surface area contributed by atoms with Crippen LogP contribution in [0.15, 0.2) is 30.9 Å². The number of nitrogens with zero attached hydrogens (tertiary/aromatic N) is 6. The average Bonchev–Trinajstić information content (AvgIpc) is 3.34. The summed E-state index contributed by atoms with van der Waals surface area (Å²) in [5, 5.41) is 10.7. The number of para-hydroxylation sites is 1. The monoisotopic (exact) mass is 552 g/mol. The zero-order valence-electron chi connectivity index (χ0n) is 22.5. The second-order valence-corrected chi connectivity index (χ2v) is 10.9. The standard InChI is InChI=1S/C29H34ClFN6O2/c1-4-26(38)35-13-14-37(19(2)16-35)27-21-10-12-36(28-23(30)8-5-9-24(28)31)17-25(21)33-29(22(27)15-32)39-18-20-7-6-11-34(20)3/h4-5,8-9,19-20H,1,6-7,10-14,16-18H2,2-3H3/t19-,20-/m0/s1. The van der Waals surface area contributed by atoms with E-state index in [1.54, 1.807) is 17.0 Å². The van der Waals surface area contributed by atoms with Gasteiger partial charge in [0.25, 0.3) is 0 Å². The van der Waals surface area contributed by atoms with Crippen LogP contribution in [-0.4, -0.2) is 79.2 Å². The van der Waals surface area contributed by atoms with Gasteiger partial charge in [-0.2, -0.15) is 5.26 Å². The number of pyridine rings is 1. The molecule has 10 heteroatoms. The molecule has 2 fully saturated rings. The fourth-order valence-electron chi connectivity index (χ4n) is 6.02. The number of carbonyl (C=O) groups excluding carboxylic acids is 1. The highest BCUT2D eigenvalue weighted by molar-refractivity contribution is 6.33. The molecule has 4 heterocycles. The van der Waals surface area contributed by atoms with Crippen molar-refractivity contribution in [1.29, 1.82) is 5.26 Å². The van der Waals surface area contributed by atoms with Crippen LogP contribution in [0.3, 0.4) is 0 Å². The number of likely N-dealkylation sites (tertiary alicyclic amines) is 1. The lowest BCUT2D eigenvalue weighted by Crippen LogP contribution is -2.54. The summed E-state index contributed by atoms with van der Waals surface area (Å²) in [5.41, 5.74) is 3.31. The van der Waals surface area contributed by atoms with E-state index < -0.39 is 0 Å².